The Morgan fingerprint density at radius 2 is 1.85 bits per heavy atom. The lowest BCUT2D eigenvalue weighted by atomic mass is 10.0. The minimum Gasteiger partial charge on any atom is -0.276 e. The number of allylic oxidation sites excluding steroid dienone is 2. The molecule has 0 fully saturated rings. The van der Waals surface area contributed by atoms with Gasteiger partial charge >= 0.3 is 0 Å². The van der Waals surface area contributed by atoms with Crippen molar-refractivity contribution in [3.05, 3.63) is 41.0 Å². The lowest BCUT2D eigenvalue weighted by molar-refractivity contribution is 0.108. The maximum Gasteiger partial charge on any atom is 0.252 e. The van der Waals surface area contributed by atoms with Gasteiger partial charge in [0, 0.05) is 11.8 Å². The summed E-state index contributed by atoms with van der Waals surface area (Å²) in [6.45, 7) is 3.92. The number of halogens is 1. The zero-order valence-corrected chi connectivity index (χ0v) is 13.5. The van der Waals surface area contributed by atoms with Crippen molar-refractivity contribution < 1.29 is 13.2 Å². The predicted molar refractivity (Wildman–Crippen MR) is 82.2 cm³/mol. The zero-order chi connectivity index (χ0) is 15.3. The van der Waals surface area contributed by atoms with Crippen molar-refractivity contribution >= 4 is 26.7 Å². The van der Waals surface area contributed by atoms with E-state index < -0.39 is 15.1 Å². The van der Waals surface area contributed by atoms with Gasteiger partial charge in [-0.1, -0.05) is 32.1 Å². The number of carbonyl (C=O) groups is 1. The quantitative estimate of drug-likeness (QED) is 0.596. The monoisotopic (exact) mass is 314 g/mol. The summed E-state index contributed by atoms with van der Waals surface area (Å²) in [6, 6.07) is 3.17. The summed E-state index contributed by atoms with van der Waals surface area (Å²) in [5.41, 5.74) is 1.76. The molecule has 5 heteroatoms. The molecule has 0 aliphatic heterocycles. The van der Waals surface area contributed by atoms with E-state index >= 15 is 0 Å². The molecule has 0 amide bonds. The van der Waals surface area contributed by atoms with Gasteiger partial charge in [0.15, 0.2) is 9.84 Å². The van der Waals surface area contributed by atoms with Crippen LogP contribution in [0.15, 0.2) is 29.2 Å². The van der Waals surface area contributed by atoms with Gasteiger partial charge in [-0.05, 0) is 48.1 Å². The Morgan fingerprint density at radius 1 is 1.20 bits per heavy atom. The van der Waals surface area contributed by atoms with E-state index in [-0.39, 0.29) is 10.5 Å². The van der Waals surface area contributed by atoms with Gasteiger partial charge < -0.3 is 0 Å². The smallest absolute Gasteiger partial charge is 0.252 e. The number of carbonyl (C=O) groups excluding carboxylic acids is 1. The molecule has 0 saturated heterocycles. The largest absolute Gasteiger partial charge is 0.276 e. The van der Waals surface area contributed by atoms with Crippen LogP contribution < -0.4 is 0 Å². The van der Waals surface area contributed by atoms with Crippen molar-refractivity contribution in [1.29, 1.82) is 0 Å². The predicted octanol–water partition coefficient (Wildman–Crippen LogP) is 3.54. The molecule has 110 valence electrons. The normalized spacial score (nSPS) is 12.0. The van der Waals surface area contributed by atoms with Crippen molar-refractivity contribution in [3.63, 3.8) is 0 Å². The van der Waals surface area contributed by atoms with Crippen molar-refractivity contribution in [1.82, 2.24) is 0 Å². The molecule has 0 saturated carbocycles. The average molecular weight is 315 g/mol. The van der Waals surface area contributed by atoms with Crippen LogP contribution in [0, 0.1) is 0 Å². The molecule has 20 heavy (non-hydrogen) atoms. The van der Waals surface area contributed by atoms with Gasteiger partial charge in [0.05, 0.1) is 4.90 Å². The third kappa shape index (κ3) is 4.18. The molecule has 0 unspecified atom stereocenters. The highest BCUT2D eigenvalue weighted by Gasteiger charge is 2.18. The Bertz CT molecular complexity index is 631. The molecule has 0 N–H and O–H groups in total. The fourth-order valence-electron chi connectivity index (χ4n) is 2.03. The molecule has 0 bridgehead atoms. The third-order valence-corrected chi connectivity index (χ3v) is 4.40. The highest BCUT2D eigenvalue weighted by molar-refractivity contribution is 7.90. The summed E-state index contributed by atoms with van der Waals surface area (Å²) < 4.78 is 23.8. The first-order chi connectivity index (χ1) is 9.31. The molecular weight excluding hydrogens is 296 g/mol. The molecule has 0 spiro atoms. The molecule has 3 nitrogen and oxygen atoms in total. The van der Waals surface area contributed by atoms with Crippen LogP contribution in [-0.2, 0) is 22.7 Å². The first kappa shape index (κ1) is 16.9. The van der Waals surface area contributed by atoms with Crippen LogP contribution in [-0.4, -0.2) is 19.9 Å². The SMILES string of the molecule is CC/C=C/Cc1cc(CC)c(C(=O)Cl)cc1S(C)(=O)=O. The molecule has 0 aliphatic carbocycles. The number of aryl methyl sites for hydroxylation is 1. The first-order valence-electron chi connectivity index (χ1n) is 6.51. The van der Waals surface area contributed by atoms with E-state index in [1.165, 1.54) is 6.07 Å². The van der Waals surface area contributed by atoms with Crippen LogP contribution in [0.3, 0.4) is 0 Å². The molecular formula is C15H19ClO3S. The Kier molecular flexibility index (Phi) is 5.96. The molecule has 0 aliphatic rings. The van der Waals surface area contributed by atoms with E-state index in [4.69, 9.17) is 11.6 Å². The topological polar surface area (TPSA) is 51.2 Å². The summed E-state index contributed by atoms with van der Waals surface area (Å²) in [6.07, 6.45) is 7.11. The molecule has 0 radical (unpaired) electrons. The molecule has 1 rings (SSSR count). The van der Waals surface area contributed by atoms with Crippen molar-refractivity contribution in [2.45, 2.75) is 38.0 Å². The number of sulfone groups is 1. The highest BCUT2D eigenvalue weighted by Crippen LogP contribution is 2.24. The van der Waals surface area contributed by atoms with Crippen LogP contribution in [0.1, 0.15) is 41.8 Å². The van der Waals surface area contributed by atoms with E-state index in [0.29, 0.717) is 18.4 Å². The lowest BCUT2D eigenvalue weighted by Crippen LogP contribution is -2.07. The standard InChI is InChI=1S/C15H19ClO3S/c1-4-6-7-8-12-9-11(5-2)13(15(16)17)10-14(12)20(3,18)19/h6-7,9-10H,4-5,8H2,1-3H3/b7-6+. The lowest BCUT2D eigenvalue weighted by Gasteiger charge is -2.12. The number of rotatable bonds is 6. The second kappa shape index (κ2) is 7.04. The van der Waals surface area contributed by atoms with E-state index in [9.17, 15) is 13.2 Å². The van der Waals surface area contributed by atoms with Crippen LogP contribution in [0.4, 0.5) is 0 Å². The Hall–Kier alpha value is -1.13. The summed E-state index contributed by atoms with van der Waals surface area (Å²) in [7, 11) is -3.40. The van der Waals surface area contributed by atoms with E-state index in [1.54, 1.807) is 6.07 Å². The summed E-state index contributed by atoms with van der Waals surface area (Å²) in [5, 5.41) is -0.623. The van der Waals surface area contributed by atoms with Crippen LogP contribution in [0.5, 0.6) is 0 Å². The van der Waals surface area contributed by atoms with Gasteiger partial charge in [-0.2, -0.15) is 0 Å². The minimum atomic E-state index is -3.40. The van der Waals surface area contributed by atoms with E-state index in [1.807, 2.05) is 26.0 Å². The van der Waals surface area contributed by atoms with Crippen molar-refractivity contribution in [3.8, 4) is 0 Å². The van der Waals surface area contributed by atoms with Gasteiger partial charge in [0.1, 0.15) is 0 Å². The second-order valence-corrected chi connectivity index (χ2v) is 6.93. The maximum absolute atomic E-state index is 11.9. The van der Waals surface area contributed by atoms with Crippen LogP contribution >= 0.6 is 11.6 Å². The molecule has 1 aromatic rings. The van der Waals surface area contributed by atoms with E-state index in [0.717, 1.165) is 18.2 Å². The van der Waals surface area contributed by atoms with Crippen molar-refractivity contribution in [2.24, 2.45) is 0 Å². The minimum absolute atomic E-state index is 0.180. The summed E-state index contributed by atoms with van der Waals surface area (Å²) in [4.78, 5) is 11.6. The van der Waals surface area contributed by atoms with Gasteiger partial charge in [-0.3, -0.25) is 4.79 Å². The maximum atomic E-state index is 11.9. The van der Waals surface area contributed by atoms with Crippen LogP contribution in [0.2, 0.25) is 0 Å². The highest BCUT2D eigenvalue weighted by atomic mass is 35.5. The van der Waals surface area contributed by atoms with Crippen molar-refractivity contribution in [2.75, 3.05) is 6.26 Å². The molecule has 1 aromatic carbocycles. The molecule has 0 atom stereocenters. The van der Waals surface area contributed by atoms with Gasteiger partial charge in [-0.25, -0.2) is 8.42 Å². The fourth-order valence-corrected chi connectivity index (χ4v) is 3.16. The van der Waals surface area contributed by atoms with Gasteiger partial charge in [-0.15, -0.1) is 0 Å². The number of hydrogen-bond acceptors (Lipinski definition) is 3. The average Bonchev–Trinajstić information content (AvgIpc) is 2.36. The third-order valence-electron chi connectivity index (χ3n) is 3.02. The van der Waals surface area contributed by atoms with Gasteiger partial charge in [0.2, 0.25) is 0 Å². The molecule has 0 aromatic heterocycles. The Balaban J connectivity index is 3.48. The Morgan fingerprint density at radius 3 is 2.30 bits per heavy atom. The zero-order valence-electron chi connectivity index (χ0n) is 11.9. The number of hydrogen-bond donors (Lipinski definition) is 0. The van der Waals surface area contributed by atoms with Gasteiger partial charge in [0.25, 0.3) is 5.24 Å². The van der Waals surface area contributed by atoms with Crippen LogP contribution in [0.25, 0.3) is 0 Å². The summed E-state index contributed by atoms with van der Waals surface area (Å²) in [5.74, 6) is 0. The first-order valence-corrected chi connectivity index (χ1v) is 8.78. The fraction of sp³-hybridized carbons (Fsp3) is 0.400. The Labute approximate surface area is 125 Å². The molecule has 0 heterocycles. The summed E-state index contributed by atoms with van der Waals surface area (Å²) >= 11 is 5.54. The second-order valence-electron chi connectivity index (χ2n) is 4.60. The number of benzene rings is 1. The van der Waals surface area contributed by atoms with E-state index in [2.05, 4.69) is 0 Å².